The number of nitrogens with two attached hydrogens (primary N) is 2. The Labute approximate surface area is 94.5 Å². The van der Waals surface area contributed by atoms with Gasteiger partial charge in [-0.3, -0.25) is 10.2 Å². The van der Waals surface area contributed by atoms with Crippen LogP contribution in [0.4, 0.5) is 5.13 Å². The zero-order chi connectivity index (χ0) is 11.3. The molecule has 1 rings (SSSR count). The van der Waals surface area contributed by atoms with E-state index in [9.17, 15) is 4.79 Å². The van der Waals surface area contributed by atoms with E-state index in [4.69, 9.17) is 16.3 Å². The number of amides is 1. The lowest BCUT2D eigenvalue weighted by Crippen LogP contribution is -2.39. The minimum Gasteiger partial charge on any atom is -0.383 e. The van der Waals surface area contributed by atoms with Crippen LogP contribution in [-0.4, -0.2) is 35.1 Å². The van der Waals surface area contributed by atoms with Crippen molar-refractivity contribution < 1.29 is 9.53 Å². The number of thioether (sulfide) groups is 1. The van der Waals surface area contributed by atoms with Crippen LogP contribution in [0.1, 0.15) is 0 Å². The fourth-order valence-electron chi connectivity index (χ4n) is 0.797. The molecular formula is C6H11N5O2S2. The van der Waals surface area contributed by atoms with Crippen molar-refractivity contribution in [2.45, 2.75) is 9.59 Å². The van der Waals surface area contributed by atoms with Crippen LogP contribution in [0.3, 0.4) is 0 Å². The first-order valence-electron chi connectivity index (χ1n) is 3.92. The number of hydrazine groups is 1. The van der Waals surface area contributed by atoms with Gasteiger partial charge in [0.15, 0.2) is 4.34 Å². The summed E-state index contributed by atoms with van der Waals surface area (Å²) in [7, 11) is 1.51. The number of ether oxygens (including phenoxy) is 1. The van der Waals surface area contributed by atoms with Gasteiger partial charge in [-0.25, -0.2) is 5.84 Å². The van der Waals surface area contributed by atoms with Crippen LogP contribution in [0.5, 0.6) is 0 Å². The summed E-state index contributed by atoms with van der Waals surface area (Å²) in [6.45, 7) is 0.243. The monoisotopic (exact) mass is 249 g/mol. The van der Waals surface area contributed by atoms with Crippen LogP contribution < -0.4 is 17.0 Å². The predicted molar refractivity (Wildman–Crippen MR) is 58.2 cm³/mol. The Bertz CT molecular complexity index is 331. The van der Waals surface area contributed by atoms with Gasteiger partial charge in [0.1, 0.15) is 5.25 Å². The van der Waals surface area contributed by atoms with Crippen molar-refractivity contribution in [1.29, 1.82) is 0 Å². The molecule has 1 aromatic heterocycles. The summed E-state index contributed by atoms with van der Waals surface area (Å²) < 4.78 is 5.50. The SMILES string of the molecule is COCC(Sc1nnc(N)s1)C(=O)NN. The molecule has 1 unspecified atom stereocenters. The third-order valence-corrected chi connectivity index (χ3v) is 3.42. The maximum atomic E-state index is 11.3. The van der Waals surface area contributed by atoms with E-state index in [1.807, 2.05) is 0 Å². The van der Waals surface area contributed by atoms with Crippen LogP contribution >= 0.6 is 23.1 Å². The summed E-state index contributed by atoms with van der Waals surface area (Å²) in [5.74, 6) is 4.71. The summed E-state index contributed by atoms with van der Waals surface area (Å²) in [4.78, 5) is 11.3. The van der Waals surface area contributed by atoms with E-state index in [1.54, 1.807) is 0 Å². The number of hydrogen-bond donors (Lipinski definition) is 3. The second-order valence-corrected chi connectivity index (χ2v) is 4.94. The highest BCUT2D eigenvalue weighted by Crippen LogP contribution is 2.27. The van der Waals surface area contributed by atoms with Crippen molar-refractivity contribution in [2.75, 3.05) is 19.5 Å². The van der Waals surface area contributed by atoms with Crippen LogP contribution in [0.2, 0.25) is 0 Å². The summed E-state index contributed by atoms with van der Waals surface area (Å²) in [5.41, 5.74) is 7.47. The lowest BCUT2D eigenvalue weighted by atomic mass is 10.4. The largest absolute Gasteiger partial charge is 0.383 e. The summed E-state index contributed by atoms with van der Waals surface area (Å²) >= 11 is 2.43. The molecule has 0 saturated heterocycles. The Morgan fingerprint density at radius 2 is 2.47 bits per heavy atom. The number of nitrogens with zero attached hydrogens (tertiary/aromatic N) is 2. The quantitative estimate of drug-likeness (QED) is 0.271. The van der Waals surface area contributed by atoms with Crippen LogP contribution in [0.15, 0.2) is 4.34 Å². The van der Waals surface area contributed by atoms with Crippen LogP contribution in [0, 0.1) is 0 Å². The molecule has 1 amide bonds. The molecule has 0 aliphatic rings. The highest BCUT2D eigenvalue weighted by molar-refractivity contribution is 8.02. The molecule has 84 valence electrons. The van der Waals surface area contributed by atoms with E-state index in [2.05, 4.69) is 15.6 Å². The normalized spacial score (nSPS) is 12.4. The van der Waals surface area contributed by atoms with Gasteiger partial charge in [0.25, 0.3) is 0 Å². The zero-order valence-electron chi connectivity index (χ0n) is 7.97. The molecule has 1 aromatic rings. The van der Waals surface area contributed by atoms with Gasteiger partial charge >= 0.3 is 0 Å². The molecule has 0 aromatic carbocycles. The molecule has 15 heavy (non-hydrogen) atoms. The van der Waals surface area contributed by atoms with Gasteiger partial charge < -0.3 is 10.5 Å². The Hall–Kier alpha value is -0.900. The van der Waals surface area contributed by atoms with Crippen molar-refractivity contribution in [1.82, 2.24) is 15.6 Å². The average molecular weight is 249 g/mol. The van der Waals surface area contributed by atoms with Gasteiger partial charge in [-0.05, 0) is 0 Å². The van der Waals surface area contributed by atoms with Crippen molar-refractivity contribution in [3.8, 4) is 0 Å². The third-order valence-electron chi connectivity index (χ3n) is 1.42. The molecule has 7 nitrogen and oxygen atoms in total. The summed E-state index contributed by atoms with van der Waals surface area (Å²) in [6.07, 6.45) is 0. The Morgan fingerprint density at radius 1 is 1.73 bits per heavy atom. The first-order valence-corrected chi connectivity index (χ1v) is 5.62. The number of anilines is 1. The highest BCUT2D eigenvalue weighted by Gasteiger charge is 2.20. The number of nitrogen functional groups attached to an aromatic ring is 1. The van der Waals surface area contributed by atoms with Gasteiger partial charge in [0.05, 0.1) is 6.61 Å². The van der Waals surface area contributed by atoms with Crippen molar-refractivity contribution in [3.63, 3.8) is 0 Å². The first kappa shape index (κ1) is 12.2. The number of methoxy groups -OCH3 is 1. The minimum absolute atomic E-state index is 0.243. The second kappa shape index (κ2) is 5.85. The zero-order valence-corrected chi connectivity index (χ0v) is 9.60. The molecule has 9 heteroatoms. The molecule has 1 atom stereocenters. The topological polar surface area (TPSA) is 116 Å². The Kier molecular flexibility index (Phi) is 4.75. The van der Waals surface area contributed by atoms with Crippen LogP contribution in [-0.2, 0) is 9.53 Å². The summed E-state index contributed by atoms with van der Waals surface area (Å²) in [6, 6.07) is 0. The third kappa shape index (κ3) is 3.63. The lowest BCUT2D eigenvalue weighted by molar-refractivity contribution is -0.121. The fourth-order valence-corrected chi connectivity index (χ4v) is 2.65. The van der Waals surface area contributed by atoms with Crippen LogP contribution in [0.25, 0.3) is 0 Å². The molecule has 0 saturated carbocycles. The minimum atomic E-state index is -0.452. The van der Waals surface area contributed by atoms with Gasteiger partial charge in [-0.15, -0.1) is 10.2 Å². The van der Waals surface area contributed by atoms with E-state index in [0.717, 1.165) is 0 Å². The fraction of sp³-hybridized carbons (Fsp3) is 0.500. The lowest BCUT2D eigenvalue weighted by Gasteiger charge is -2.11. The maximum Gasteiger partial charge on any atom is 0.249 e. The molecule has 0 bridgehead atoms. The standard InChI is InChI=1S/C6H11N5O2S2/c1-13-2-3(4(12)9-8)14-6-11-10-5(7)15-6/h3H,2,8H2,1H3,(H2,7,10)(H,9,12). The maximum absolute atomic E-state index is 11.3. The smallest absolute Gasteiger partial charge is 0.249 e. The Morgan fingerprint density at radius 3 is 2.93 bits per heavy atom. The molecule has 0 fully saturated rings. The van der Waals surface area contributed by atoms with Crippen molar-refractivity contribution in [2.24, 2.45) is 5.84 Å². The van der Waals surface area contributed by atoms with Crippen molar-refractivity contribution in [3.05, 3.63) is 0 Å². The van der Waals surface area contributed by atoms with Crippen molar-refractivity contribution >= 4 is 34.1 Å². The van der Waals surface area contributed by atoms with Gasteiger partial charge in [0, 0.05) is 7.11 Å². The number of hydrogen-bond acceptors (Lipinski definition) is 8. The molecule has 5 N–H and O–H groups in total. The van der Waals surface area contributed by atoms with Gasteiger partial charge in [-0.2, -0.15) is 0 Å². The highest BCUT2D eigenvalue weighted by atomic mass is 32.2. The van der Waals surface area contributed by atoms with E-state index >= 15 is 0 Å². The summed E-state index contributed by atoms with van der Waals surface area (Å²) in [5, 5.41) is 7.33. The molecule has 0 spiro atoms. The van der Waals surface area contributed by atoms with Gasteiger partial charge in [-0.1, -0.05) is 23.1 Å². The van der Waals surface area contributed by atoms with E-state index < -0.39 is 5.25 Å². The number of aromatic nitrogens is 2. The second-order valence-electron chi connectivity index (χ2n) is 2.48. The number of carbonyl (C=O) groups excluding carboxylic acids is 1. The predicted octanol–water partition coefficient (Wildman–Crippen LogP) is -0.783. The van der Waals surface area contributed by atoms with Gasteiger partial charge in [0.2, 0.25) is 11.0 Å². The molecule has 1 heterocycles. The molecule has 0 aliphatic heterocycles. The number of rotatable bonds is 5. The van der Waals surface area contributed by atoms with E-state index in [1.165, 1.54) is 30.2 Å². The number of nitrogens with one attached hydrogen (secondary N) is 1. The van der Waals surface area contributed by atoms with E-state index in [0.29, 0.717) is 9.47 Å². The van der Waals surface area contributed by atoms with E-state index in [-0.39, 0.29) is 12.5 Å². The molecule has 0 radical (unpaired) electrons. The first-order chi connectivity index (χ1) is 7.17. The number of carbonyl (C=O) groups is 1. The Balaban J connectivity index is 2.62. The average Bonchev–Trinajstić information content (AvgIpc) is 2.62. The molecule has 0 aliphatic carbocycles. The molecular weight excluding hydrogens is 238 g/mol.